The molecule has 0 aliphatic rings. The molecule has 9 heteroatoms. The first-order valence-corrected chi connectivity index (χ1v) is 13.2. The van der Waals surface area contributed by atoms with Crippen LogP contribution in [0.25, 0.3) is 0 Å². The molecule has 0 saturated carbocycles. The van der Waals surface area contributed by atoms with Crippen LogP contribution in [0.15, 0.2) is 78.9 Å². The van der Waals surface area contributed by atoms with Gasteiger partial charge in [-0.1, -0.05) is 60.7 Å². The maximum atomic E-state index is 11.4. The van der Waals surface area contributed by atoms with Crippen molar-refractivity contribution >= 4 is 17.7 Å². The molecule has 0 aromatic heterocycles. The molecule has 0 unspecified atom stereocenters. The van der Waals surface area contributed by atoms with Gasteiger partial charge in [-0.2, -0.15) is 8.42 Å². The van der Waals surface area contributed by atoms with E-state index in [1.807, 2.05) is 48.5 Å². The molecule has 1 atom stereocenters. The number of rotatable bonds is 10. The molecular weight excluding hydrogens is 451 g/mol. The van der Waals surface area contributed by atoms with Crippen molar-refractivity contribution in [3.63, 3.8) is 0 Å². The zero-order chi connectivity index (χ0) is 23.2. The zero-order valence-corrected chi connectivity index (χ0v) is 19.0. The van der Waals surface area contributed by atoms with Gasteiger partial charge in [0.25, 0.3) is 10.1 Å². The second kappa shape index (κ2) is 10.4. The van der Waals surface area contributed by atoms with Crippen molar-refractivity contribution in [3.05, 3.63) is 95.6 Å². The lowest BCUT2D eigenvalue weighted by molar-refractivity contribution is 0.360. The second-order valence-electron chi connectivity index (χ2n) is 7.47. The maximum absolute atomic E-state index is 11.4. The first-order chi connectivity index (χ1) is 15.1. The summed E-state index contributed by atoms with van der Waals surface area (Å²) in [6.07, 6.45) is 0.905. The molecule has 32 heavy (non-hydrogen) atoms. The van der Waals surface area contributed by atoms with Crippen molar-refractivity contribution in [3.8, 4) is 11.5 Å². The van der Waals surface area contributed by atoms with Crippen molar-refractivity contribution in [1.29, 1.82) is 0 Å². The zero-order valence-electron chi connectivity index (χ0n) is 17.2. The standard InChI is InChI=1S/C23H25O7PS/c24-31(25,26)23(32(27,28)29)15-7-11-19-10-6-13-21(17-19)30-22-14-5-4-12-20(22)16-18-8-2-1-3-9-18/h1-6,8-10,12-14,17,23H,7,11,15-16H2,(H2,24,25,26)(H,27,28,29)/t23-/m1/s1. The summed E-state index contributed by atoms with van der Waals surface area (Å²) in [5, 5.41) is 0. The van der Waals surface area contributed by atoms with Crippen molar-refractivity contribution in [2.24, 2.45) is 0 Å². The lowest BCUT2D eigenvalue weighted by atomic mass is 10.0. The third-order valence-corrected chi connectivity index (χ3v) is 8.53. The molecular formula is C23H25O7PS. The topological polar surface area (TPSA) is 121 Å². The van der Waals surface area contributed by atoms with Crippen LogP contribution in [0.1, 0.15) is 29.5 Å². The van der Waals surface area contributed by atoms with Crippen LogP contribution in [0.5, 0.6) is 11.5 Å². The van der Waals surface area contributed by atoms with Crippen LogP contribution in [-0.2, 0) is 27.5 Å². The number of benzene rings is 3. The lowest BCUT2D eigenvalue weighted by Gasteiger charge is -2.15. The largest absolute Gasteiger partial charge is 0.457 e. The minimum Gasteiger partial charge on any atom is -0.457 e. The Balaban J connectivity index is 1.68. The normalized spacial score (nSPS) is 13.0. The fourth-order valence-electron chi connectivity index (χ4n) is 3.43. The van der Waals surface area contributed by atoms with Gasteiger partial charge in [0, 0.05) is 6.42 Å². The summed E-state index contributed by atoms with van der Waals surface area (Å²) in [7, 11) is -9.82. The first-order valence-electron chi connectivity index (χ1n) is 10.0. The minimum absolute atomic E-state index is 0.170. The van der Waals surface area contributed by atoms with Gasteiger partial charge >= 0.3 is 7.60 Å². The SMILES string of the molecule is O=P(O)(O)[C@@H](CCCc1cccc(Oc2ccccc2Cc2ccccc2)c1)S(=O)(=O)O. The van der Waals surface area contributed by atoms with E-state index in [-0.39, 0.29) is 12.8 Å². The van der Waals surface area contributed by atoms with E-state index in [2.05, 4.69) is 12.1 Å². The predicted octanol–water partition coefficient (Wildman–Crippen LogP) is 4.78. The predicted molar refractivity (Wildman–Crippen MR) is 123 cm³/mol. The molecule has 170 valence electrons. The number of aryl methyl sites for hydroxylation is 1. The average Bonchev–Trinajstić information content (AvgIpc) is 2.72. The number of hydrogen-bond donors (Lipinski definition) is 3. The van der Waals surface area contributed by atoms with Crippen LogP contribution < -0.4 is 4.74 Å². The highest BCUT2D eigenvalue weighted by molar-refractivity contribution is 7.93. The summed E-state index contributed by atoms with van der Waals surface area (Å²) < 4.78 is 49.2. The second-order valence-corrected chi connectivity index (χ2v) is 11.2. The average molecular weight is 476 g/mol. The van der Waals surface area contributed by atoms with Crippen LogP contribution in [0.3, 0.4) is 0 Å². The van der Waals surface area contributed by atoms with Gasteiger partial charge in [0.1, 0.15) is 11.5 Å². The molecule has 3 aromatic rings. The molecule has 0 bridgehead atoms. The molecule has 0 spiro atoms. The first kappa shape index (κ1) is 24.2. The number of ether oxygens (including phenoxy) is 1. The molecule has 0 amide bonds. The van der Waals surface area contributed by atoms with Crippen LogP contribution in [0.4, 0.5) is 0 Å². The molecule has 0 heterocycles. The van der Waals surface area contributed by atoms with Crippen LogP contribution in [-0.4, -0.2) is 27.7 Å². The Hall–Kier alpha value is -2.48. The molecule has 0 aliphatic carbocycles. The smallest absolute Gasteiger partial charge is 0.346 e. The molecule has 7 nitrogen and oxygen atoms in total. The maximum Gasteiger partial charge on any atom is 0.346 e. The Kier molecular flexibility index (Phi) is 7.87. The van der Waals surface area contributed by atoms with Gasteiger partial charge in [0.2, 0.25) is 0 Å². The van der Waals surface area contributed by atoms with E-state index in [0.717, 1.165) is 28.9 Å². The molecule has 3 rings (SSSR count). The van der Waals surface area contributed by atoms with E-state index in [1.54, 1.807) is 18.2 Å². The van der Waals surface area contributed by atoms with Crippen LogP contribution in [0, 0.1) is 0 Å². The summed E-state index contributed by atoms with van der Waals surface area (Å²) in [5.74, 6) is 1.32. The van der Waals surface area contributed by atoms with Crippen LogP contribution >= 0.6 is 7.60 Å². The van der Waals surface area contributed by atoms with Crippen molar-refractivity contribution in [2.75, 3.05) is 0 Å². The lowest BCUT2D eigenvalue weighted by Crippen LogP contribution is -2.20. The minimum atomic E-state index is -4.97. The Morgan fingerprint density at radius 2 is 1.53 bits per heavy atom. The molecule has 3 N–H and O–H groups in total. The van der Waals surface area contributed by atoms with E-state index < -0.39 is 22.7 Å². The molecule has 3 aromatic carbocycles. The van der Waals surface area contributed by atoms with E-state index in [1.165, 1.54) is 0 Å². The Labute approximate surface area is 187 Å². The Bertz CT molecular complexity index is 1190. The molecule has 0 aliphatic heterocycles. The molecule has 0 fully saturated rings. The highest BCUT2D eigenvalue weighted by Crippen LogP contribution is 2.46. The van der Waals surface area contributed by atoms with Gasteiger partial charge in [-0.05, 0) is 54.2 Å². The monoisotopic (exact) mass is 476 g/mol. The summed E-state index contributed by atoms with van der Waals surface area (Å²) in [6.45, 7) is 0. The van der Waals surface area contributed by atoms with Gasteiger partial charge < -0.3 is 14.5 Å². The highest BCUT2D eigenvalue weighted by atomic mass is 32.2. The van der Waals surface area contributed by atoms with Crippen LogP contribution in [0.2, 0.25) is 0 Å². The number of para-hydroxylation sites is 1. The van der Waals surface area contributed by atoms with Crippen molar-refractivity contribution in [2.45, 2.75) is 30.7 Å². The summed E-state index contributed by atoms with van der Waals surface area (Å²) >= 11 is 0. The van der Waals surface area contributed by atoms with Gasteiger partial charge in [-0.25, -0.2) is 0 Å². The van der Waals surface area contributed by atoms with E-state index in [0.29, 0.717) is 12.2 Å². The summed E-state index contributed by atoms with van der Waals surface area (Å²) in [5.41, 5.74) is 3.01. The summed E-state index contributed by atoms with van der Waals surface area (Å²) in [6, 6.07) is 25.0. The Morgan fingerprint density at radius 3 is 2.22 bits per heavy atom. The third kappa shape index (κ3) is 7.02. The third-order valence-electron chi connectivity index (χ3n) is 4.97. The van der Waals surface area contributed by atoms with Gasteiger partial charge in [-0.3, -0.25) is 9.12 Å². The van der Waals surface area contributed by atoms with Crippen molar-refractivity contribution < 1.29 is 32.1 Å². The van der Waals surface area contributed by atoms with E-state index >= 15 is 0 Å². The van der Waals surface area contributed by atoms with Gasteiger partial charge in [0.05, 0.1) is 0 Å². The Morgan fingerprint density at radius 1 is 0.875 bits per heavy atom. The highest BCUT2D eigenvalue weighted by Gasteiger charge is 2.38. The van der Waals surface area contributed by atoms with Crippen molar-refractivity contribution in [1.82, 2.24) is 0 Å². The summed E-state index contributed by atoms with van der Waals surface area (Å²) in [4.78, 5) is 16.3. The fourth-order valence-corrected chi connectivity index (χ4v) is 5.80. The molecule has 0 saturated heterocycles. The number of hydrogen-bond acceptors (Lipinski definition) is 4. The van der Waals surface area contributed by atoms with E-state index in [4.69, 9.17) is 9.29 Å². The fraction of sp³-hybridized carbons (Fsp3) is 0.217. The quantitative estimate of drug-likeness (QED) is 0.284. The van der Waals surface area contributed by atoms with E-state index in [9.17, 15) is 22.8 Å². The molecule has 0 radical (unpaired) electrons. The van der Waals surface area contributed by atoms with Gasteiger partial charge in [0.15, 0.2) is 4.99 Å². The van der Waals surface area contributed by atoms with Gasteiger partial charge in [-0.15, -0.1) is 0 Å².